The number of amides is 4. The normalized spacial score (nSPS) is 21.6. The van der Waals surface area contributed by atoms with Crippen molar-refractivity contribution in [2.45, 2.75) is 39.2 Å². The van der Waals surface area contributed by atoms with Crippen LogP contribution in [0.1, 0.15) is 36.4 Å². The largest absolute Gasteiger partial charge is 0.331 e. The summed E-state index contributed by atoms with van der Waals surface area (Å²) >= 11 is 1.41. The second kappa shape index (κ2) is 4.66. The van der Waals surface area contributed by atoms with Gasteiger partial charge < -0.3 is 0 Å². The van der Waals surface area contributed by atoms with E-state index in [1.807, 2.05) is 12.3 Å². The average molecular weight is 293 g/mol. The molecular weight excluding hydrogens is 278 g/mol. The lowest BCUT2D eigenvalue weighted by Gasteiger charge is -2.36. The van der Waals surface area contributed by atoms with Gasteiger partial charge >= 0.3 is 6.03 Å². The van der Waals surface area contributed by atoms with Crippen molar-refractivity contribution in [1.82, 2.24) is 15.2 Å². The molecule has 20 heavy (non-hydrogen) atoms. The Labute approximate surface area is 120 Å². The van der Waals surface area contributed by atoms with E-state index in [0.717, 1.165) is 23.4 Å². The predicted octanol–water partition coefficient (Wildman–Crippen LogP) is 1.59. The fourth-order valence-corrected chi connectivity index (χ4v) is 3.67. The van der Waals surface area contributed by atoms with Gasteiger partial charge in [0, 0.05) is 11.1 Å². The molecule has 1 aromatic rings. The van der Waals surface area contributed by atoms with Crippen molar-refractivity contribution in [1.29, 1.82) is 0 Å². The molecule has 1 aliphatic carbocycles. The molecule has 106 valence electrons. The van der Waals surface area contributed by atoms with E-state index >= 15 is 0 Å². The first-order chi connectivity index (χ1) is 9.53. The third-order valence-corrected chi connectivity index (χ3v) is 4.92. The highest BCUT2D eigenvalue weighted by Gasteiger charge is 2.54. The molecule has 0 aromatic carbocycles. The Morgan fingerprint density at radius 2 is 2.05 bits per heavy atom. The van der Waals surface area contributed by atoms with E-state index < -0.39 is 17.4 Å². The smallest absolute Gasteiger partial charge is 0.277 e. The summed E-state index contributed by atoms with van der Waals surface area (Å²) in [5, 5.41) is 4.90. The molecule has 1 saturated carbocycles. The van der Waals surface area contributed by atoms with Crippen LogP contribution in [0.2, 0.25) is 0 Å². The molecule has 4 amide bonds. The van der Waals surface area contributed by atoms with Crippen molar-refractivity contribution in [2.24, 2.45) is 5.41 Å². The molecule has 3 rings (SSSR count). The summed E-state index contributed by atoms with van der Waals surface area (Å²) in [4.78, 5) is 42.0. The second-order valence-corrected chi connectivity index (χ2v) is 6.27. The van der Waals surface area contributed by atoms with Gasteiger partial charge in [-0.05, 0) is 19.8 Å². The molecular formula is C13H15N3O3S. The summed E-state index contributed by atoms with van der Waals surface area (Å²) in [6, 6.07) is -0.634. The van der Waals surface area contributed by atoms with Crippen molar-refractivity contribution in [3.05, 3.63) is 16.1 Å². The molecule has 0 unspecified atom stereocenters. The molecule has 2 heterocycles. The van der Waals surface area contributed by atoms with Gasteiger partial charge in [-0.3, -0.25) is 19.8 Å². The van der Waals surface area contributed by atoms with E-state index in [1.165, 1.54) is 11.3 Å². The molecule has 1 spiro atoms. The molecule has 0 radical (unpaired) electrons. The first-order valence-corrected chi connectivity index (χ1v) is 7.49. The monoisotopic (exact) mass is 293 g/mol. The Bertz CT molecular complexity index is 589. The SMILES string of the molecule is Cc1csc(CN2C(=O)NC(=O)C3(CCCC3)C2=O)n1. The van der Waals surface area contributed by atoms with Gasteiger partial charge in [0.25, 0.3) is 0 Å². The van der Waals surface area contributed by atoms with E-state index in [-0.39, 0.29) is 12.5 Å². The third kappa shape index (κ3) is 1.93. The number of imide groups is 2. The summed E-state index contributed by atoms with van der Waals surface area (Å²) in [6.45, 7) is 2.00. The minimum atomic E-state index is -1.03. The zero-order chi connectivity index (χ0) is 14.3. The Balaban J connectivity index is 1.88. The zero-order valence-electron chi connectivity index (χ0n) is 11.1. The zero-order valence-corrected chi connectivity index (χ0v) is 12.0. The predicted molar refractivity (Wildman–Crippen MR) is 71.8 cm³/mol. The van der Waals surface area contributed by atoms with Crippen LogP contribution in [-0.4, -0.2) is 27.7 Å². The fraction of sp³-hybridized carbons (Fsp3) is 0.538. The van der Waals surface area contributed by atoms with Gasteiger partial charge in [0.05, 0.1) is 6.54 Å². The molecule has 1 aromatic heterocycles. The van der Waals surface area contributed by atoms with E-state index in [4.69, 9.17) is 0 Å². The van der Waals surface area contributed by atoms with Crippen LogP contribution in [-0.2, 0) is 16.1 Å². The quantitative estimate of drug-likeness (QED) is 0.840. The number of thiazole rings is 1. The number of aryl methyl sites for hydroxylation is 1. The van der Waals surface area contributed by atoms with Crippen LogP contribution >= 0.6 is 11.3 Å². The molecule has 1 aliphatic heterocycles. The molecule has 7 heteroatoms. The summed E-state index contributed by atoms with van der Waals surface area (Å²) in [5.41, 5.74) is -0.165. The van der Waals surface area contributed by atoms with Crippen LogP contribution in [0.4, 0.5) is 4.79 Å². The van der Waals surface area contributed by atoms with Gasteiger partial charge in [0.15, 0.2) is 0 Å². The van der Waals surface area contributed by atoms with Crippen molar-refractivity contribution >= 4 is 29.2 Å². The number of rotatable bonds is 2. The number of carbonyl (C=O) groups is 3. The Hall–Kier alpha value is -1.76. The van der Waals surface area contributed by atoms with Crippen LogP contribution < -0.4 is 5.32 Å². The third-order valence-electron chi connectivity index (χ3n) is 3.97. The highest BCUT2D eigenvalue weighted by Crippen LogP contribution is 2.42. The number of urea groups is 1. The first-order valence-electron chi connectivity index (χ1n) is 6.61. The van der Waals surface area contributed by atoms with E-state index in [9.17, 15) is 14.4 Å². The molecule has 0 atom stereocenters. The summed E-state index contributed by atoms with van der Waals surface area (Å²) in [7, 11) is 0. The Kier molecular flexibility index (Phi) is 3.08. The number of hydrogen-bond donors (Lipinski definition) is 1. The van der Waals surface area contributed by atoms with E-state index in [1.54, 1.807) is 0 Å². The fourth-order valence-electron chi connectivity index (χ4n) is 2.91. The highest BCUT2D eigenvalue weighted by atomic mass is 32.1. The van der Waals surface area contributed by atoms with Crippen LogP contribution in [0.15, 0.2) is 5.38 Å². The molecule has 1 N–H and O–H groups in total. The van der Waals surface area contributed by atoms with Crippen LogP contribution in [0, 0.1) is 12.3 Å². The molecule has 2 aliphatic rings. The second-order valence-electron chi connectivity index (χ2n) is 5.32. The van der Waals surface area contributed by atoms with Gasteiger partial charge in [0.2, 0.25) is 11.8 Å². The maximum atomic E-state index is 12.6. The number of barbiturate groups is 1. The molecule has 2 fully saturated rings. The number of aromatic nitrogens is 1. The maximum absolute atomic E-state index is 12.6. The van der Waals surface area contributed by atoms with Crippen LogP contribution in [0.25, 0.3) is 0 Å². The number of hydrogen-bond acceptors (Lipinski definition) is 5. The van der Waals surface area contributed by atoms with Gasteiger partial charge in [-0.2, -0.15) is 0 Å². The first kappa shape index (κ1) is 13.2. The lowest BCUT2D eigenvalue weighted by atomic mass is 9.82. The summed E-state index contributed by atoms with van der Waals surface area (Å²) in [5.74, 6) is -0.798. The number of carbonyl (C=O) groups excluding carboxylic acids is 3. The van der Waals surface area contributed by atoms with Gasteiger partial charge in [-0.1, -0.05) is 12.8 Å². The lowest BCUT2D eigenvalue weighted by molar-refractivity contribution is -0.151. The van der Waals surface area contributed by atoms with Crippen molar-refractivity contribution in [3.63, 3.8) is 0 Å². The number of nitrogens with zero attached hydrogens (tertiary/aromatic N) is 2. The van der Waals surface area contributed by atoms with Crippen molar-refractivity contribution in [3.8, 4) is 0 Å². The molecule has 6 nitrogen and oxygen atoms in total. The van der Waals surface area contributed by atoms with Crippen molar-refractivity contribution < 1.29 is 14.4 Å². The topological polar surface area (TPSA) is 79.4 Å². The summed E-state index contributed by atoms with van der Waals surface area (Å²) in [6.07, 6.45) is 2.74. The maximum Gasteiger partial charge on any atom is 0.331 e. The standard InChI is InChI=1S/C13H15N3O3S/c1-8-7-20-9(14-8)6-16-11(18)13(4-2-3-5-13)10(17)15-12(16)19/h7H,2-6H2,1H3,(H,15,17,19). The Morgan fingerprint density at radius 3 is 2.65 bits per heavy atom. The summed E-state index contributed by atoms with van der Waals surface area (Å²) < 4.78 is 0. The van der Waals surface area contributed by atoms with Crippen molar-refractivity contribution in [2.75, 3.05) is 0 Å². The van der Waals surface area contributed by atoms with Crippen LogP contribution in [0.5, 0.6) is 0 Å². The van der Waals surface area contributed by atoms with E-state index in [0.29, 0.717) is 17.8 Å². The van der Waals surface area contributed by atoms with E-state index in [2.05, 4.69) is 10.3 Å². The average Bonchev–Trinajstić information content (AvgIpc) is 3.03. The molecule has 1 saturated heterocycles. The minimum absolute atomic E-state index is 0.137. The van der Waals surface area contributed by atoms with Gasteiger partial charge in [-0.15, -0.1) is 11.3 Å². The lowest BCUT2D eigenvalue weighted by Crippen LogP contribution is -2.62. The highest BCUT2D eigenvalue weighted by molar-refractivity contribution is 7.09. The minimum Gasteiger partial charge on any atom is -0.277 e. The van der Waals surface area contributed by atoms with Gasteiger partial charge in [0.1, 0.15) is 10.4 Å². The molecule has 0 bridgehead atoms. The van der Waals surface area contributed by atoms with Gasteiger partial charge in [-0.25, -0.2) is 9.78 Å². The van der Waals surface area contributed by atoms with Crippen LogP contribution in [0.3, 0.4) is 0 Å². The number of nitrogens with one attached hydrogen (secondary N) is 1. The Morgan fingerprint density at radius 1 is 1.35 bits per heavy atom.